The summed E-state index contributed by atoms with van der Waals surface area (Å²) >= 11 is 0. The van der Waals surface area contributed by atoms with Crippen LogP contribution < -0.4 is 10.6 Å². The standard InChI is InChI=1S/C31H35N7O3.C3H8/c1-38(29(39)20-34-31(40)41-2)17-4-3-7-28-35-24-15-12-22(18-26(24)36-28)9-8-21-10-13-23(14-11-21)27-19-33-30(37-27)25-6-5-16-32-25;1-3-2/h10-15,18-19,25,32H,3-7,16-17,20H2,1-2H3,(H,33,37)(H,34,40)(H,35,36);3H2,1-2H3. The number of hydrogen-bond acceptors (Lipinski definition) is 6. The third-order valence-electron chi connectivity index (χ3n) is 7.22. The van der Waals surface area contributed by atoms with E-state index in [2.05, 4.69) is 73.1 Å². The normalized spacial score (nSPS) is 13.9. The van der Waals surface area contributed by atoms with Gasteiger partial charge in [0.1, 0.15) is 18.2 Å². The topological polar surface area (TPSA) is 128 Å². The zero-order valence-electron chi connectivity index (χ0n) is 26.1. The predicted molar refractivity (Wildman–Crippen MR) is 173 cm³/mol. The molecule has 0 spiro atoms. The fourth-order valence-corrected chi connectivity index (χ4v) is 4.84. The second-order valence-electron chi connectivity index (χ2n) is 10.9. The summed E-state index contributed by atoms with van der Waals surface area (Å²) in [6.07, 6.45) is 7.32. The Morgan fingerprint density at radius 3 is 2.55 bits per heavy atom. The van der Waals surface area contributed by atoms with Crippen LogP contribution in [0, 0.1) is 11.8 Å². The van der Waals surface area contributed by atoms with Gasteiger partial charge in [0.2, 0.25) is 5.91 Å². The summed E-state index contributed by atoms with van der Waals surface area (Å²) in [5.74, 6) is 8.27. The Morgan fingerprint density at radius 1 is 1.07 bits per heavy atom. The van der Waals surface area contributed by atoms with Crippen LogP contribution >= 0.6 is 0 Å². The van der Waals surface area contributed by atoms with E-state index in [0.29, 0.717) is 12.6 Å². The molecule has 4 N–H and O–H groups in total. The molecule has 0 saturated carbocycles. The van der Waals surface area contributed by atoms with Gasteiger partial charge >= 0.3 is 6.09 Å². The fraction of sp³-hybridized carbons (Fsp3) is 0.412. The first kappa shape index (κ1) is 32.3. The van der Waals surface area contributed by atoms with Crippen molar-refractivity contribution >= 4 is 23.0 Å². The number of imidazole rings is 2. The maximum Gasteiger partial charge on any atom is 0.407 e. The van der Waals surface area contributed by atoms with Gasteiger partial charge in [0, 0.05) is 31.1 Å². The lowest BCUT2D eigenvalue weighted by Crippen LogP contribution is -2.38. The van der Waals surface area contributed by atoms with Crippen LogP contribution in [0.25, 0.3) is 22.3 Å². The number of nitrogens with one attached hydrogen (secondary N) is 4. The highest BCUT2D eigenvalue weighted by molar-refractivity contribution is 5.82. The quantitative estimate of drug-likeness (QED) is 0.153. The Balaban J connectivity index is 0.00000141. The lowest BCUT2D eigenvalue weighted by molar-refractivity contribution is -0.128. The monoisotopic (exact) mass is 597 g/mol. The van der Waals surface area contributed by atoms with Gasteiger partial charge < -0.3 is 30.2 Å². The minimum Gasteiger partial charge on any atom is -0.453 e. The molecule has 1 fully saturated rings. The number of H-pyrrole nitrogens is 2. The number of benzene rings is 2. The van der Waals surface area contributed by atoms with Gasteiger partial charge in [0.05, 0.1) is 36.1 Å². The number of aromatic amines is 2. The zero-order valence-corrected chi connectivity index (χ0v) is 26.1. The molecule has 1 unspecified atom stereocenters. The second kappa shape index (κ2) is 16.3. The van der Waals surface area contributed by atoms with E-state index in [9.17, 15) is 9.59 Å². The van der Waals surface area contributed by atoms with Crippen molar-refractivity contribution in [1.29, 1.82) is 0 Å². The number of alkyl carbamates (subject to hydrolysis) is 1. The van der Waals surface area contributed by atoms with Gasteiger partial charge in [-0.3, -0.25) is 4.79 Å². The van der Waals surface area contributed by atoms with Crippen LogP contribution in [0.5, 0.6) is 0 Å². The van der Waals surface area contributed by atoms with Gasteiger partial charge in [-0.05, 0) is 68.1 Å². The summed E-state index contributed by atoms with van der Waals surface area (Å²) in [7, 11) is 2.99. The number of carbonyl (C=O) groups is 2. The first-order valence-electron chi connectivity index (χ1n) is 15.3. The number of ether oxygens (including phenoxy) is 1. The molecule has 2 aromatic heterocycles. The van der Waals surface area contributed by atoms with Crippen molar-refractivity contribution in [1.82, 2.24) is 35.5 Å². The minimum absolute atomic E-state index is 0.0757. The largest absolute Gasteiger partial charge is 0.453 e. The van der Waals surface area contributed by atoms with Crippen molar-refractivity contribution in [2.75, 3.05) is 33.8 Å². The predicted octanol–water partition coefficient (Wildman–Crippen LogP) is 5.33. The number of fused-ring (bicyclic) bond motifs is 1. The molecule has 4 aromatic rings. The number of carbonyl (C=O) groups excluding carboxylic acids is 2. The van der Waals surface area contributed by atoms with Crippen LogP contribution in [-0.2, 0) is 16.0 Å². The summed E-state index contributed by atoms with van der Waals surface area (Å²) in [5.41, 5.74) is 5.83. The molecule has 0 aliphatic carbocycles. The Hall–Kier alpha value is -4.62. The van der Waals surface area contributed by atoms with E-state index in [1.807, 2.05) is 36.5 Å². The van der Waals surface area contributed by atoms with Gasteiger partial charge in [-0.2, -0.15) is 0 Å². The fourth-order valence-electron chi connectivity index (χ4n) is 4.84. The van der Waals surface area contributed by atoms with E-state index in [1.54, 1.807) is 11.9 Å². The van der Waals surface area contributed by atoms with E-state index in [-0.39, 0.29) is 12.5 Å². The van der Waals surface area contributed by atoms with Crippen molar-refractivity contribution in [3.63, 3.8) is 0 Å². The maximum atomic E-state index is 12.1. The van der Waals surface area contributed by atoms with E-state index in [4.69, 9.17) is 0 Å². The molecule has 2 aromatic carbocycles. The highest BCUT2D eigenvalue weighted by Crippen LogP contribution is 2.24. The van der Waals surface area contributed by atoms with Crippen molar-refractivity contribution < 1.29 is 14.3 Å². The highest BCUT2D eigenvalue weighted by Gasteiger charge is 2.19. The van der Waals surface area contributed by atoms with Crippen LogP contribution in [-0.4, -0.2) is 70.6 Å². The molecule has 232 valence electrons. The molecule has 10 heteroatoms. The Labute approximate surface area is 259 Å². The van der Waals surface area contributed by atoms with Crippen molar-refractivity contribution in [2.45, 2.75) is 58.4 Å². The third kappa shape index (κ3) is 9.19. The molecule has 1 aliphatic rings. The third-order valence-corrected chi connectivity index (χ3v) is 7.22. The average Bonchev–Trinajstić information content (AvgIpc) is 3.82. The lowest BCUT2D eigenvalue weighted by atomic mass is 10.1. The van der Waals surface area contributed by atoms with E-state index in [0.717, 1.165) is 77.3 Å². The molecule has 1 saturated heterocycles. The number of rotatable bonds is 9. The van der Waals surface area contributed by atoms with Crippen LogP contribution in [0.3, 0.4) is 0 Å². The summed E-state index contributed by atoms with van der Waals surface area (Å²) < 4.78 is 4.48. The number of unbranched alkanes of at least 4 members (excludes halogenated alkanes) is 1. The summed E-state index contributed by atoms with van der Waals surface area (Å²) in [6, 6.07) is 14.5. The van der Waals surface area contributed by atoms with Crippen molar-refractivity contribution in [3.05, 3.63) is 71.4 Å². The summed E-state index contributed by atoms with van der Waals surface area (Å²) in [5, 5.41) is 5.88. The highest BCUT2D eigenvalue weighted by atomic mass is 16.5. The van der Waals surface area contributed by atoms with Gasteiger partial charge in [-0.1, -0.05) is 44.2 Å². The number of methoxy groups -OCH3 is 1. The van der Waals surface area contributed by atoms with Crippen LogP contribution in [0.15, 0.2) is 48.7 Å². The van der Waals surface area contributed by atoms with Crippen molar-refractivity contribution in [2.24, 2.45) is 0 Å². The average molecular weight is 598 g/mol. The van der Waals surface area contributed by atoms with Crippen LogP contribution in [0.1, 0.15) is 74.8 Å². The zero-order chi connectivity index (χ0) is 31.3. The number of likely N-dealkylation sites (N-methyl/N-ethyl adjacent to an activating group) is 1. The summed E-state index contributed by atoms with van der Waals surface area (Å²) in [6.45, 7) is 5.82. The number of aromatic nitrogens is 4. The molecule has 0 bridgehead atoms. The molecule has 5 rings (SSSR count). The van der Waals surface area contributed by atoms with Gasteiger partial charge in [-0.15, -0.1) is 0 Å². The summed E-state index contributed by atoms with van der Waals surface area (Å²) in [4.78, 5) is 40.9. The number of hydrogen-bond donors (Lipinski definition) is 4. The first-order chi connectivity index (χ1) is 21.4. The number of amides is 2. The maximum absolute atomic E-state index is 12.1. The number of nitrogens with zero attached hydrogens (tertiary/aromatic N) is 3. The molecule has 1 atom stereocenters. The van der Waals surface area contributed by atoms with Crippen molar-refractivity contribution in [3.8, 4) is 23.1 Å². The molecule has 10 nitrogen and oxygen atoms in total. The Kier molecular flexibility index (Phi) is 12.0. The van der Waals surface area contributed by atoms with Crippen LogP contribution in [0.4, 0.5) is 4.79 Å². The molecular formula is C34H43N7O3. The lowest BCUT2D eigenvalue weighted by Gasteiger charge is -2.16. The van der Waals surface area contributed by atoms with Crippen LogP contribution in [0.2, 0.25) is 0 Å². The second-order valence-corrected chi connectivity index (χ2v) is 10.9. The van der Waals surface area contributed by atoms with E-state index >= 15 is 0 Å². The molecule has 2 amide bonds. The Morgan fingerprint density at radius 2 is 1.82 bits per heavy atom. The minimum atomic E-state index is -0.614. The first-order valence-corrected chi connectivity index (χ1v) is 15.3. The SMILES string of the molecule is CCC.COC(=O)NCC(=O)N(C)CCCCc1nc2ccc(C#Cc3ccc(-c4cnc(C5CCCN5)[nH]4)cc3)cc2[nH]1. The van der Waals surface area contributed by atoms with E-state index in [1.165, 1.54) is 20.0 Å². The van der Waals surface area contributed by atoms with Gasteiger partial charge in [0.25, 0.3) is 0 Å². The smallest absolute Gasteiger partial charge is 0.407 e. The Bertz CT molecular complexity index is 1570. The molecule has 0 radical (unpaired) electrons. The molecule has 3 heterocycles. The molecule has 44 heavy (non-hydrogen) atoms. The van der Waals surface area contributed by atoms with Gasteiger partial charge in [0.15, 0.2) is 0 Å². The number of aryl methyl sites for hydroxylation is 1. The van der Waals surface area contributed by atoms with Gasteiger partial charge in [-0.25, -0.2) is 14.8 Å². The molecule has 1 aliphatic heterocycles. The van der Waals surface area contributed by atoms with E-state index < -0.39 is 6.09 Å². The molecular weight excluding hydrogens is 554 g/mol.